The number of nitrogens with one attached hydrogen (secondary N) is 2. The zero-order valence-electron chi connectivity index (χ0n) is 16.9. The van der Waals surface area contributed by atoms with Crippen LogP contribution in [-0.2, 0) is 10.0 Å². The molecule has 33 heavy (non-hydrogen) atoms. The minimum atomic E-state index is -3.77. The summed E-state index contributed by atoms with van der Waals surface area (Å²) in [6, 6.07) is 15.6. The number of benzene rings is 3. The Hall–Kier alpha value is -3.34. The molecule has 11 heteroatoms. The van der Waals surface area contributed by atoms with E-state index in [9.17, 15) is 13.2 Å². The van der Waals surface area contributed by atoms with Crippen molar-refractivity contribution < 1.29 is 22.7 Å². The molecule has 0 saturated carbocycles. The molecule has 4 aromatic rings. The number of sulfonamides is 1. The van der Waals surface area contributed by atoms with Crippen LogP contribution in [0.4, 0.5) is 10.8 Å². The number of thiazole rings is 1. The van der Waals surface area contributed by atoms with E-state index in [1.54, 1.807) is 6.07 Å². The Balaban J connectivity index is 1.29. The summed E-state index contributed by atoms with van der Waals surface area (Å²) in [5.74, 6) is 0.930. The first-order valence-electron chi connectivity index (χ1n) is 9.77. The molecule has 0 bridgehead atoms. The van der Waals surface area contributed by atoms with Crippen LogP contribution >= 0.6 is 22.9 Å². The summed E-state index contributed by atoms with van der Waals surface area (Å²) in [5.41, 5.74) is 1.38. The molecule has 8 nitrogen and oxygen atoms in total. The molecule has 3 aromatic carbocycles. The standard InChI is InChI=1S/C22H16ClN3O5S2/c23-14-3-7-16(8-4-14)33(28,29)26-15-5-1-13(2-6-15)21(27)25-22-24-17-11-18-19(12-20(17)32-22)31-10-9-30-18/h1-8,11-12,26H,9-10H2,(H,24,25,27). The van der Waals surface area contributed by atoms with Crippen LogP contribution in [0.3, 0.4) is 0 Å². The van der Waals surface area contributed by atoms with Crippen molar-refractivity contribution in [1.29, 1.82) is 0 Å². The molecule has 1 amide bonds. The number of aromatic nitrogens is 1. The number of carbonyl (C=O) groups is 1. The minimum absolute atomic E-state index is 0.0852. The summed E-state index contributed by atoms with van der Waals surface area (Å²) < 4.78 is 39.5. The van der Waals surface area contributed by atoms with Crippen LogP contribution in [0.25, 0.3) is 10.2 Å². The molecule has 0 spiro atoms. The first-order valence-corrected chi connectivity index (χ1v) is 12.5. The van der Waals surface area contributed by atoms with Crippen molar-refractivity contribution >= 4 is 59.9 Å². The van der Waals surface area contributed by atoms with Gasteiger partial charge in [-0.1, -0.05) is 22.9 Å². The van der Waals surface area contributed by atoms with Crippen LogP contribution in [0.5, 0.6) is 11.5 Å². The Kier molecular flexibility index (Phi) is 5.57. The molecule has 1 aliphatic heterocycles. The van der Waals surface area contributed by atoms with Gasteiger partial charge in [0.05, 0.1) is 15.1 Å². The van der Waals surface area contributed by atoms with Crippen molar-refractivity contribution in [2.75, 3.05) is 23.3 Å². The molecule has 1 aliphatic rings. The van der Waals surface area contributed by atoms with E-state index in [1.807, 2.05) is 6.07 Å². The fraction of sp³-hybridized carbons (Fsp3) is 0.0909. The summed E-state index contributed by atoms with van der Waals surface area (Å²) in [4.78, 5) is 17.2. The van der Waals surface area contributed by atoms with Crippen LogP contribution in [0, 0.1) is 0 Å². The lowest BCUT2D eigenvalue weighted by molar-refractivity contribution is 0.102. The molecule has 1 aromatic heterocycles. The number of anilines is 2. The number of halogens is 1. The average Bonchev–Trinajstić information content (AvgIpc) is 3.18. The van der Waals surface area contributed by atoms with Gasteiger partial charge in [-0.2, -0.15) is 0 Å². The first-order chi connectivity index (χ1) is 15.9. The lowest BCUT2D eigenvalue weighted by Crippen LogP contribution is -2.15. The highest BCUT2D eigenvalue weighted by atomic mass is 35.5. The maximum Gasteiger partial charge on any atom is 0.261 e. The van der Waals surface area contributed by atoms with E-state index < -0.39 is 10.0 Å². The molecule has 5 rings (SSSR count). The number of rotatable bonds is 5. The number of amides is 1. The smallest absolute Gasteiger partial charge is 0.261 e. The first kappa shape index (κ1) is 21.5. The number of hydrogen-bond donors (Lipinski definition) is 2. The van der Waals surface area contributed by atoms with E-state index in [0.717, 1.165) is 4.70 Å². The quantitative estimate of drug-likeness (QED) is 0.408. The molecule has 0 saturated heterocycles. The average molecular weight is 502 g/mol. The van der Waals surface area contributed by atoms with Gasteiger partial charge in [0.1, 0.15) is 13.2 Å². The van der Waals surface area contributed by atoms with Crippen LogP contribution in [0.2, 0.25) is 5.02 Å². The second kappa shape index (κ2) is 8.54. The zero-order chi connectivity index (χ0) is 23.0. The van der Waals surface area contributed by atoms with E-state index in [4.69, 9.17) is 21.1 Å². The van der Waals surface area contributed by atoms with Crippen molar-refractivity contribution in [3.05, 3.63) is 71.2 Å². The predicted octanol–water partition coefficient (Wildman–Crippen LogP) is 4.77. The maximum absolute atomic E-state index is 12.7. The normalized spacial score (nSPS) is 13.0. The molecule has 0 radical (unpaired) electrons. The van der Waals surface area contributed by atoms with Crippen molar-refractivity contribution in [3.63, 3.8) is 0 Å². The van der Waals surface area contributed by atoms with E-state index in [1.165, 1.54) is 59.9 Å². The summed E-state index contributed by atoms with van der Waals surface area (Å²) in [5, 5.41) is 3.65. The summed E-state index contributed by atoms with van der Waals surface area (Å²) in [7, 11) is -3.77. The number of hydrogen-bond acceptors (Lipinski definition) is 7. The van der Waals surface area contributed by atoms with Gasteiger partial charge in [0.15, 0.2) is 16.6 Å². The predicted molar refractivity (Wildman–Crippen MR) is 127 cm³/mol. The van der Waals surface area contributed by atoms with Crippen LogP contribution < -0.4 is 19.5 Å². The summed E-state index contributed by atoms with van der Waals surface area (Å²) >= 11 is 7.13. The molecule has 0 atom stereocenters. The summed E-state index contributed by atoms with van der Waals surface area (Å²) in [6.45, 7) is 0.977. The number of carbonyl (C=O) groups excluding carboxylic acids is 1. The number of fused-ring (bicyclic) bond motifs is 2. The van der Waals surface area contributed by atoms with E-state index in [2.05, 4.69) is 15.0 Å². The van der Waals surface area contributed by atoms with Gasteiger partial charge in [0, 0.05) is 28.4 Å². The second-order valence-electron chi connectivity index (χ2n) is 7.07. The number of nitrogens with zero attached hydrogens (tertiary/aromatic N) is 1. The molecular formula is C22H16ClN3O5S2. The molecule has 2 heterocycles. The van der Waals surface area contributed by atoms with E-state index in [0.29, 0.717) is 51.6 Å². The van der Waals surface area contributed by atoms with Crippen molar-refractivity contribution in [1.82, 2.24) is 4.98 Å². The monoisotopic (exact) mass is 501 g/mol. The second-order valence-corrected chi connectivity index (χ2v) is 10.2. The SMILES string of the molecule is O=C(Nc1nc2cc3c(cc2s1)OCCO3)c1ccc(NS(=O)(=O)c2ccc(Cl)cc2)cc1. The highest BCUT2D eigenvalue weighted by molar-refractivity contribution is 7.92. The molecule has 168 valence electrons. The van der Waals surface area contributed by atoms with Gasteiger partial charge < -0.3 is 9.47 Å². The Morgan fingerprint density at radius 2 is 1.64 bits per heavy atom. The largest absolute Gasteiger partial charge is 0.486 e. The van der Waals surface area contributed by atoms with E-state index in [-0.39, 0.29) is 10.8 Å². The van der Waals surface area contributed by atoms with Crippen molar-refractivity contribution in [3.8, 4) is 11.5 Å². The van der Waals surface area contributed by atoms with Gasteiger partial charge in [-0.05, 0) is 48.5 Å². The van der Waals surface area contributed by atoms with Crippen LogP contribution in [0.15, 0.2) is 65.6 Å². The van der Waals surface area contributed by atoms with Gasteiger partial charge in [0.25, 0.3) is 15.9 Å². The van der Waals surface area contributed by atoms with E-state index >= 15 is 0 Å². The fourth-order valence-corrected chi connectivity index (χ4v) is 5.26. The third-order valence-corrected chi connectivity index (χ3v) is 7.38. The molecule has 0 aliphatic carbocycles. The van der Waals surface area contributed by atoms with Gasteiger partial charge >= 0.3 is 0 Å². The Morgan fingerprint density at radius 1 is 0.970 bits per heavy atom. The Labute approximate surface area is 198 Å². The molecule has 0 unspecified atom stereocenters. The van der Waals surface area contributed by atoms with Crippen LogP contribution in [0.1, 0.15) is 10.4 Å². The van der Waals surface area contributed by atoms with Gasteiger partial charge in [0.2, 0.25) is 0 Å². The van der Waals surface area contributed by atoms with Gasteiger partial charge in [-0.3, -0.25) is 14.8 Å². The third kappa shape index (κ3) is 4.58. The summed E-state index contributed by atoms with van der Waals surface area (Å²) in [6.07, 6.45) is 0. The Bertz CT molecular complexity index is 1410. The van der Waals surface area contributed by atoms with Gasteiger partial charge in [-0.25, -0.2) is 13.4 Å². The Morgan fingerprint density at radius 3 is 2.33 bits per heavy atom. The van der Waals surface area contributed by atoms with Crippen LogP contribution in [-0.4, -0.2) is 32.5 Å². The highest BCUT2D eigenvalue weighted by Gasteiger charge is 2.17. The molecule has 0 fully saturated rings. The topological polar surface area (TPSA) is 107 Å². The third-order valence-electron chi connectivity index (χ3n) is 4.80. The zero-order valence-corrected chi connectivity index (χ0v) is 19.3. The number of ether oxygens (including phenoxy) is 2. The molecular weight excluding hydrogens is 486 g/mol. The van der Waals surface area contributed by atoms with Gasteiger partial charge in [-0.15, -0.1) is 0 Å². The minimum Gasteiger partial charge on any atom is -0.486 e. The van der Waals surface area contributed by atoms with Crippen molar-refractivity contribution in [2.24, 2.45) is 0 Å². The lowest BCUT2D eigenvalue weighted by Gasteiger charge is -2.17. The molecule has 2 N–H and O–H groups in total. The highest BCUT2D eigenvalue weighted by Crippen LogP contribution is 2.38. The van der Waals surface area contributed by atoms with Crippen molar-refractivity contribution in [2.45, 2.75) is 4.90 Å². The fourth-order valence-electron chi connectivity index (χ4n) is 3.21. The maximum atomic E-state index is 12.7. The lowest BCUT2D eigenvalue weighted by atomic mass is 10.2.